The molecule has 0 aromatic carbocycles. The third-order valence-corrected chi connectivity index (χ3v) is 18.6. The number of allylic oxidation sites excluding steroid dienone is 18. The van der Waals surface area contributed by atoms with Gasteiger partial charge in [-0.1, -0.05) is 265 Å². The van der Waals surface area contributed by atoms with E-state index in [4.69, 9.17) is 37.0 Å². The fraction of sp³-hybridized carbons (Fsp3) is 0.735. The molecule has 0 amide bonds. The van der Waals surface area contributed by atoms with Crippen molar-refractivity contribution in [3.8, 4) is 0 Å². The molecule has 0 fully saturated rings. The number of phosphoric ester groups is 2. The predicted molar refractivity (Wildman–Crippen MR) is 418 cm³/mol. The maximum absolute atomic E-state index is 13.1. The molecule has 0 radical (unpaired) electrons. The van der Waals surface area contributed by atoms with Crippen molar-refractivity contribution in [1.82, 2.24) is 0 Å². The molecule has 0 aliphatic rings. The standard InChI is InChI=1S/C83H144O17P2/c1-5-9-13-17-21-25-29-33-37-38-42-44-48-52-56-60-64-68-81(86)94-74-79(100-83(88)70-66-62-58-54-50-46-41-36-32-28-24-20-16-12-8-4)76-98-102(91,92)96-72-77(84)71-95-101(89,90)97-75-78(99-82(87)69-65-61-57-53-49-45-40-35-31-27-23-19-15-11-7-3)73-93-80(85)67-63-59-55-51-47-43-39-34-30-26-22-18-14-10-6-2/h21,23-25,27-28,33-37,39-42,44,52,56,77-79,84H,5-20,22,26,29-32,38,43,45-51,53-55,57-76H2,1-4H3,(H,89,90)(H,91,92)/b25-21-,27-23-,28-24-,37-33-,39-34-,40-35-,41-36-,44-42-,56-52-/t77-,78-,79-/m1/s1. The van der Waals surface area contributed by atoms with Gasteiger partial charge in [0.05, 0.1) is 26.4 Å². The summed E-state index contributed by atoms with van der Waals surface area (Å²) in [5.41, 5.74) is 0. The SMILES string of the molecule is CCCCC/C=C\C/C=C\C/C=C\C/C=C\CCCC(=O)OC[C@H](COP(=O)(O)OC[C@H](O)COP(=O)(O)OC[C@@H](COC(=O)CCCCCCC/C=C\CCCCCCCC)OC(=O)CCCCCCC/C=C\C/C=C\CCCCC)OC(=O)CCCCCCC/C=C\C/C=C\CCCCC. The Morgan fingerprint density at radius 2 is 0.490 bits per heavy atom. The van der Waals surface area contributed by atoms with Crippen LogP contribution >= 0.6 is 15.6 Å². The summed E-state index contributed by atoms with van der Waals surface area (Å²) in [6.07, 6.45) is 80.7. The van der Waals surface area contributed by atoms with Crippen molar-refractivity contribution in [3.63, 3.8) is 0 Å². The zero-order chi connectivity index (χ0) is 74.6. The zero-order valence-corrected chi connectivity index (χ0v) is 66.0. The Bertz CT molecular complexity index is 2360. The summed E-state index contributed by atoms with van der Waals surface area (Å²) >= 11 is 0. The summed E-state index contributed by atoms with van der Waals surface area (Å²) in [7, 11) is -9.98. The Hall–Kier alpha value is -4.28. The highest BCUT2D eigenvalue weighted by Crippen LogP contribution is 2.45. The molecule has 0 spiro atoms. The Morgan fingerprint density at radius 1 is 0.275 bits per heavy atom. The molecule has 17 nitrogen and oxygen atoms in total. The van der Waals surface area contributed by atoms with Gasteiger partial charge in [0.2, 0.25) is 0 Å². The highest BCUT2D eigenvalue weighted by molar-refractivity contribution is 7.47. The van der Waals surface area contributed by atoms with E-state index >= 15 is 0 Å². The molecule has 0 aliphatic heterocycles. The molecule has 19 heteroatoms. The van der Waals surface area contributed by atoms with E-state index in [0.29, 0.717) is 32.1 Å². The van der Waals surface area contributed by atoms with E-state index in [2.05, 4.69) is 125 Å². The zero-order valence-electron chi connectivity index (χ0n) is 64.3. The third-order valence-electron chi connectivity index (χ3n) is 16.7. The normalized spacial score (nSPS) is 14.5. The molecule has 0 aromatic rings. The predicted octanol–water partition coefficient (Wildman–Crippen LogP) is 23.3. The number of carbonyl (C=O) groups excluding carboxylic acids is 4. The highest BCUT2D eigenvalue weighted by Gasteiger charge is 2.30. The van der Waals surface area contributed by atoms with Gasteiger partial charge in [-0.05, 0) is 154 Å². The first kappa shape index (κ1) is 97.7. The smallest absolute Gasteiger partial charge is 0.462 e. The first-order valence-corrected chi connectivity index (χ1v) is 43.1. The molecule has 2 unspecified atom stereocenters. The number of esters is 4. The third kappa shape index (κ3) is 74.0. The average Bonchev–Trinajstić information content (AvgIpc) is 0.923. The van der Waals surface area contributed by atoms with Gasteiger partial charge in [0.1, 0.15) is 19.3 Å². The van der Waals surface area contributed by atoms with Gasteiger partial charge in [0.25, 0.3) is 0 Å². The molecule has 588 valence electrons. The van der Waals surface area contributed by atoms with Crippen LogP contribution in [0, 0.1) is 0 Å². The van der Waals surface area contributed by atoms with Gasteiger partial charge in [0.15, 0.2) is 12.2 Å². The quantitative estimate of drug-likeness (QED) is 0.0169. The van der Waals surface area contributed by atoms with Gasteiger partial charge in [0, 0.05) is 25.7 Å². The number of ether oxygens (including phenoxy) is 4. The van der Waals surface area contributed by atoms with E-state index < -0.39 is 97.5 Å². The fourth-order valence-electron chi connectivity index (χ4n) is 10.5. The van der Waals surface area contributed by atoms with Gasteiger partial charge in [-0.2, -0.15) is 0 Å². The summed E-state index contributed by atoms with van der Waals surface area (Å²) in [5.74, 6) is -2.27. The minimum absolute atomic E-state index is 0.0659. The lowest BCUT2D eigenvalue weighted by atomic mass is 10.1. The van der Waals surface area contributed by atoms with Crippen molar-refractivity contribution >= 4 is 39.5 Å². The van der Waals surface area contributed by atoms with E-state index in [-0.39, 0.29) is 25.7 Å². The lowest BCUT2D eigenvalue weighted by molar-refractivity contribution is -0.161. The van der Waals surface area contributed by atoms with Crippen LogP contribution in [-0.4, -0.2) is 96.7 Å². The number of rotatable bonds is 75. The van der Waals surface area contributed by atoms with Gasteiger partial charge in [-0.3, -0.25) is 37.3 Å². The van der Waals surface area contributed by atoms with Crippen LogP contribution < -0.4 is 0 Å². The van der Waals surface area contributed by atoms with Crippen LogP contribution in [0.1, 0.15) is 336 Å². The summed E-state index contributed by atoms with van der Waals surface area (Å²) in [6, 6.07) is 0. The Kier molecular flexibility index (Phi) is 71.8. The first-order valence-electron chi connectivity index (χ1n) is 40.1. The van der Waals surface area contributed by atoms with Crippen LogP contribution in [0.15, 0.2) is 109 Å². The molecular weight excluding hydrogens is 1330 g/mol. The lowest BCUT2D eigenvalue weighted by Gasteiger charge is -2.21. The molecular formula is C83H144O17P2. The average molecular weight is 1480 g/mol. The maximum atomic E-state index is 13.1. The molecule has 0 bridgehead atoms. The van der Waals surface area contributed by atoms with Crippen molar-refractivity contribution in [2.75, 3.05) is 39.6 Å². The Labute approximate surface area is 619 Å². The van der Waals surface area contributed by atoms with Crippen LogP contribution in [0.2, 0.25) is 0 Å². The molecule has 102 heavy (non-hydrogen) atoms. The molecule has 0 heterocycles. The summed E-state index contributed by atoms with van der Waals surface area (Å²) in [4.78, 5) is 73.0. The monoisotopic (exact) mass is 1470 g/mol. The van der Waals surface area contributed by atoms with Crippen molar-refractivity contribution < 1.29 is 80.2 Å². The molecule has 0 aliphatic carbocycles. The van der Waals surface area contributed by atoms with Gasteiger partial charge < -0.3 is 33.8 Å². The highest BCUT2D eigenvalue weighted by atomic mass is 31.2. The maximum Gasteiger partial charge on any atom is 0.472 e. The second kappa shape index (κ2) is 75.0. The largest absolute Gasteiger partial charge is 0.472 e. The number of hydrogen-bond acceptors (Lipinski definition) is 15. The number of aliphatic hydroxyl groups is 1. The fourth-order valence-corrected chi connectivity index (χ4v) is 12.1. The number of phosphoric acid groups is 2. The van der Waals surface area contributed by atoms with Crippen LogP contribution in [0.25, 0.3) is 0 Å². The van der Waals surface area contributed by atoms with Crippen LogP contribution in [-0.2, 0) is 65.4 Å². The number of unbranched alkanes of at least 4 members (excludes halogenated alkanes) is 31. The van der Waals surface area contributed by atoms with Crippen LogP contribution in [0.3, 0.4) is 0 Å². The minimum Gasteiger partial charge on any atom is -0.462 e. The van der Waals surface area contributed by atoms with E-state index in [1.807, 2.05) is 12.2 Å². The first-order chi connectivity index (χ1) is 49.7. The number of hydrogen-bond donors (Lipinski definition) is 3. The molecule has 0 aromatic heterocycles. The van der Waals surface area contributed by atoms with Gasteiger partial charge in [-0.25, -0.2) is 9.13 Å². The molecule has 0 rings (SSSR count). The van der Waals surface area contributed by atoms with E-state index in [1.54, 1.807) is 0 Å². The van der Waals surface area contributed by atoms with E-state index in [9.17, 15) is 43.2 Å². The number of aliphatic hydroxyl groups excluding tert-OH is 1. The second-order valence-electron chi connectivity index (χ2n) is 26.6. The van der Waals surface area contributed by atoms with Gasteiger partial charge >= 0.3 is 39.5 Å². The van der Waals surface area contributed by atoms with Crippen LogP contribution in [0.4, 0.5) is 0 Å². The van der Waals surface area contributed by atoms with Gasteiger partial charge in [-0.15, -0.1) is 0 Å². The van der Waals surface area contributed by atoms with Crippen LogP contribution in [0.5, 0.6) is 0 Å². The topological polar surface area (TPSA) is 237 Å². The summed E-state index contributed by atoms with van der Waals surface area (Å²) in [6.45, 7) is 4.71. The second-order valence-corrected chi connectivity index (χ2v) is 29.5. The van der Waals surface area contributed by atoms with E-state index in [0.717, 1.165) is 154 Å². The molecule has 0 saturated heterocycles. The molecule has 5 atom stereocenters. The van der Waals surface area contributed by atoms with Crippen molar-refractivity contribution in [1.29, 1.82) is 0 Å². The lowest BCUT2D eigenvalue weighted by Crippen LogP contribution is -2.30. The van der Waals surface area contributed by atoms with Crippen molar-refractivity contribution in [3.05, 3.63) is 109 Å². The van der Waals surface area contributed by atoms with E-state index in [1.165, 1.54) is 96.3 Å². The Morgan fingerprint density at radius 3 is 0.804 bits per heavy atom. The molecule has 3 N–H and O–H groups in total. The van der Waals surface area contributed by atoms with Crippen molar-refractivity contribution in [2.45, 2.75) is 354 Å². The number of carbonyl (C=O) groups is 4. The summed E-state index contributed by atoms with van der Waals surface area (Å²) in [5, 5.41) is 10.6. The van der Waals surface area contributed by atoms with Crippen molar-refractivity contribution in [2.24, 2.45) is 0 Å². The molecule has 0 saturated carbocycles. The minimum atomic E-state index is -4.99. The Balaban J connectivity index is 5.43. The summed E-state index contributed by atoms with van der Waals surface area (Å²) < 4.78 is 68.5.